The third kappa shape index (κ3) is 4.23. The molecular formula is C38H28N3OP. The van der Waals surface area contributed by atoms with Gasteiger partial charge >= 0.3 is 232 Å². The van der Waals surface area contributed by atoms with Gasteiger partial charge in [0.15, 0.2) is 0 Å². The molecule has 0 aliphatic heterocycles. The van der Waals surface area contributed by atoms with E-state index in [9.17, 15) is 4.89 Å². The number of nitrogens with zero attached hydrogens (tertiary/aromatic N) is 3. The summed E-state index contributed by atoms with van der Waals surface area (Å²) in [7, 11) is -3.20. The molecule has 3 heterocycles. The summed E-state index contributed by atoms with van der Waals surface area (Å²) in [5.41, 5.74) is 6.78. The van der Waals surface area contributed by atoms with Crippen molar-refractivity contribution < 1.29 is 4.89 Å². The van der Waals surface area contributed by atoms with Crippen molar-refractivity contribution >= 4 is 51.0 Å². The molecule has 0 aliphatic rings. The van der Waals surface area contributed by atoms with Crippen LogP contribution in [0, 0.1) is 0 Å². The van der Waals surface area contributed by atoms with E-state index in [1.165, 1.54) is 0 Å². The SMILES string of the molecule is O[PH](c1ccccc1)(c1ccccc1)c1cccc(-c2ccc(-c3nc4c(nc5ccccn54)c4ccccc34)cc2)c1. The van der Waals surface area contributed by atoms with Crippen LogP contribution in [0.2, 0.25) is 0 Å². The van der Waals surface area contributed by atoms with Crippen LogP contribution in [0.1, 0.15) is 0 Å². The van der Waals surface area contributed by atoms with Crippen molar-refractivity contribution in [3.05, 3.63) is 158 Å². The molecule has 0 unspecified atom stereocenters. The Morgan fingerprint density at radius 2 is 1.09 bits per heavy atom. The van der Waals surface area contributed by atoms with E-state index >= 15 is 0 Å². The normalized spacial score (nSPS) is 12.2. The monoisotopic (exact) mass is 573 g/mol. The Hall–Kier alpha value is -5.15. The van der Waals surface area contributed by atoms with Gasteiger partial charge in [0.25, 0.3) is 0 Å². The molecular weight excluding hydrogens is 545 g/mol. The van der Waals surface area contributed by atoms with E-state index in [2.05, 4.69) is 77.2 Å². The maximum atomic E-state index is 12.5. The summed E-state index contributed by atoms with van der Waals surface area (Å²) >= 11 is 0. The van der Waals surface area contributed by atoms with Gasteiger partial charge in [-0.1, -0.05) is 6.07 Å². The number of hydrogen-bond donors (Lipinski definition) is 1. The zero-order valence-corrected chi connectivity index (χ0v) is 24.3. The Balaban J connectivity index is 1.23. The molecule has 0 saturated heterocycles. The van der Waals surface area contributed by atoms with E-state index < -0.39 is 7.49 Å². The average Bonchev–Trinajstić information content (AvgIpc) is 3.47. The average molecular weight is 574 g/mol. The van der Waals surface area contributed by atoms with E-state index in [0.29, 0.717) is 0 Å². The topological polar surface area (TPSA) is 50.4 Å². The van der Waals surface area contributed by atoms with Crippen LogP contribution in [0.3, 0.4) is 0 Å². The number of imidazole rings is 1. The summed E-state index contributed by atoms with van der Waals surface area (Å²) in [6.07, 6.45) is 2.02. The first-order chi connectivity index (χ1) is 21.2. The molecule has 5 heteroatoms. The van der Waals surface area contributed by atoms with Gasteiger partial charge in [-0.3, -0.25) is 0 Å². The van der Waals surface area contributed by atoms with Crippen LogP contribution < -0.4 is 15.9 Å². The second-order valence-electron chi connectivity index (χ2n) is 10.8. The molecule has 0 spiro atoms. The molecule has 5 aromatic carbocycles. The first kappa shape index (κ1) is 25.6. The minimum atomic E-state index is -3.20. The summed E-state index contributed by atoms with van der Waals surface area (Å²) in [4.78, 5) is 22.5. The molecule has 0 fully saturated rings. The zero-order valence-electron chi connectivity index (χ0n) is 23.3. The second kappa shape index (κ2) is 10.3. The molecule has 0 aliphatic carbocycles. The molecule has 43 heavy (non-hydrogen) atoms. The quantitative estimate of drug-likeness (QED) is 0.220. The van der Waals surface area contributed by atoms with Crippen molar-refractivity contribution in [1.29, 1.82) is 0 Å². The van der Waals surface area contributed by atoms with Crippen LogP contribution in [0.15, 0.2) is 158 Å². The van der Waals surface area contributed by atoms with E-state index in [-0.39, 0.29) is 0 Å². The van der Waals surface area contributed by atoms with Gasteiger partial charge in [-0.2, -0.15) is 0 Å². The second-order valence-corrected chi connectivity index (χ2v) is 14.0. The van der Waals surface area contributed by atoms with Crippen molar-refractivity contribution in [3.8, 4) is 22.4 Å². The molecule has 0 radical (unpaired) electrons. The number of pyridine rings is 2. The third-order valence-corrected chi connectivity index (χ3v) is 11.8. The van der Waals surface area contributed by atoms with Crippen LogP contribution in [-0.4, -0.2) is 19.3 Å². The number of aromatic nitrogens is 3. The van der Waals surface area contributed by atoms with E-state index in [1.54, 1.807) is 0 Å². The van der Waals surface area contributed by atoms with Gasteiger partial charge in [0.05, 0.1) is 0 Å². The summed E-state index contributed by atoms with van der Waals surface area (Å²) in [5, 5.41) is 5.06. The fraction of sp³-hybridized carbons (Fsp3) is 0. The Bertz CT molecular complexity index is 2200. The molecule has 0 atom stereocenters. The van der Waals surface area contributed by atoms with Gasteiger partial charge < -0.3 is 0 Å². The molecule has 8 aromatic rings. The molecule has 0 amide bonds. The Morgan fingerprint density at radius 3 is 1.81 bits per heavy atom. The first-order valence-corrected chi connectivity index (χ1v) is 16.4. The maximum absolute atomic E-state index is 12.5. The molecule has 206 valence electrons. The van der Waals surface area contributed by atoms with E-state index in [0.717, 1.165) is 65.9 Å². The van der Waals surface area contributed by atoms with E-state index in [1.807, 2.05) is 85.1 Å². The van der Waals surface area contributed by atoms with Crippen LogP contribution >= 0.6 is 7.49 Å². The van der Waals surface area contributed by atoms with Gasteiger partial charge in [0, 0.05) is 0 Å². The summed E-state index contributed by atoms with van der Waals surface area (Å²) in [6, 6.07) is 51.5. The predicted molar refractivity (Wildman–Crippen MR) is 181 cm³/mol. The Labute approximate surface area is 250 Å². The molecule has 3 aromatic heterocycles. The zero-order chi connectivity index (χ0) is 28.8. The Kier molecular flexibility index (Phi) is 6.11. The van der Waals surface area contributed by atoms with Crippen molar-refractivity contribution in [2.45, 2.75) is 0 Å². The molecule has 8 rings (SSSR count). The van der Waals surface area contributed by atoms with Crippen molar-refractivity contribution in [2.24, 2.45) is 0 Å². The molecule has 0 bridgehead atoms. The van der Waals surface area contributed by atoms with Gasteiger partial charge in [-0.15, -0.1) is 0 Å². The predicted octanol–water partition coefficient (Wildman–Crippen LogP) is 7.30. The van der Waals surface area contributed by atoms with Crippen molar-refractivity contribution in [2.75, 3.05) is 0 Å². The summed E-state index contributed by atoms with van der Waals surface area (Å²) in [5.74, 6) is 0. The van der Waals surface area contributed by atoms with Crippen LogP contribution in [0.25, 0.3) is 50.0 Å². The molecule has 0 saturated carbocycles. The summed E-state index contributed by atoms with van der Waals surface area (Å²) < 4.78 is 2.05. The number of rotatable bonds is 5. The van der Waals surface area contributed by atoms with Gasteiger partial charge in [0.2, 0.25) is 0 Å². The minimum absolute atomic E-state index is 0.854. The van der Waals surface area contributed by atoms with Crippen LogP contribution in [0.5, 0.6) is 0 Å². The fourth-order valence-corrected chi connectivity index (χ4v) is 9.21. The van der Waals surface area contributed by atoms with Crippen LogP contribution in [0.4, 0.5) is 0 Å². The molecule has 4 nitrogen and oxygen atoms in total. The van der Waals surface area contributed by atoms with Gasteiger partial charge in [-0.05, 0) is 12.1 Å². The molecule has 1 N–H and O–H groups in total. The summed E-state index contributed by atoms with van der Waals surface area (Å²) in [6.45, 7) is 0. The van der Waals surface area contributed by atoms with Crippen molar-refractivity contribution in [3.63, 3.8) is 0 Å². The first-order valence-electron chi connectivity index (χ1n) is 14.4. The fourth-order valence-electron chi connectivity index (χ4n) is 6.16. The number of benzene rings is 5. The third-order valence-electron chi connectivity index (χ3n) is 8.31. The number of fused-ring (bicyclic) bond motifs is 5. The number of hydrogen-bond acceptors (Lipinski definition) is 3. The van der Waals surface area contributed by atoms with Crippen LogP contribution in [-0.2, 0) is 0 Å². The Morgan fingerprint density at radius 1 is 0.488 bits per heavy atom. The van der Waals surface area contributed by atoms with Crippen molar-refractivity contribution in [1.82, 2.24) is 14.4 Å². The standard InChI is InChI=1S/C38H28N3OP/c42-43(30-13-3-1-4-14-30,31-15-5-2-6-16-31)32-17-11-12-29(26-32)27-21-23-28(24-22-27)36-33-18-7-8-19-34(33)37-38(40-36)41-25-10-9-20-35(41)39-37/h1-26,42-43H. The van der Waals surface area contributed by atoms with Gasteiger partial charge in [-0.25, -0.2) is 0 Å². The van der Waals surface area contributed by atoms with E-state index in [4.69, 9.17) is 9.97 Å². The van der Waals surface area contributed by atoms with Gasteiger partial charge in [0.1, 0.15) is 0 Å².